The maximum atomic E-state index is 12.8. The Bertz CT molecular complexity index is 537. The monoisotopic (exact) mass is 379 g/mol. The fourth-order valence-electron chi connectivity index (χ4n) is 4.66. The van der Waals surface area contributed by atoms with Gasteiger partial charge in [0.25, 0.3) is 0 Å². The van der Waals surface area contributed by atoms with Crippen molar-refractivity contribution >= 4 is 17.8 Å². The van der Waals surface area contributed by atoms with Gasteiger partial charge in [-0.15, -0.1) is 0 Å². The molecule has 3 rings (SSSR count). The molecule has 0 bridgehead atoms. The summed E-state index contributed by atoms with van der Waals surface area (Å²) in [5, 5.41) is 9.36. The first kappa shape index (κ1) is 20.1. The topological polar surface area (TPSA) is 81.2 Å². The second kappa shape index (κ2) is 9.53. The Kier molecular flexibility index (Phi) is 7.10. The molecule has 0 aromatic heterocycles. The number of aliphatic carboxylic acids is 1. The third-order valence-corrected chi connectivity index (χ3v) is 6.35. The molecule has 3 saturated heterocycles. The Balaban J connectivity index is 1.47. The van der Waals surface area contributed by atoms with E-state index in [1.54, 1.807) is 0 Å². The van der Waals surface area contributed by atoms with E-state index in [9.17, 15) is 19.5 Å². The molecule has 7 nitrogen and oxygen atoms in total. The highest BCUT2D eigenvalue weighted by Gasteiger charge is 2.33. The number of amides is 2. The number of hydrogen-bond donors (Lipinski definition) is 1. The quantitative estimate of drug-likeness (QED) is 0.802. The van der Waals surface area contributed by atoms with E-state index in [1.807, 2.05) is 14.7 Å². The van der Waals surface area contributed by atoms with Crippen LogP contribution in [0.2, 0.25) is 0 Å². The Morgan fingerprint density at radius 3 is 2.00 bits per heavy atom. The number of nitrogens with zero attached hydrogens (tertiary/aromatic N) is 3. The molecule has 3 aliphatic rings. The SMILES string of the molecule is O=C(O)C1CCCCN1CC(=O)N1CCC(C(=O)N2CCCCCC2)CC1. The highest BCUT2D eigenvalue weighted by molar-refractivity contribution is 5.82. The summed E-state index contributed by atoms with van der Waals surface area (Å²) in [4.78, 5) is 42.5. The molecule has 7 heteroatoms. The molecule has 0 spiro atoms. The van der Waals surface area contributed by atoms with Gasteiger partial charge in [0.05, 0.1) is 6.54 Å². The van der Waals surface area contributed by atoms with Gasteiger partial charge < -0.3 is 14.9 Å². The van der Waals surface area contributed by atoms with E-state index in [1.165, 1.54) is 12.8 Å². The van der Waals surface area contributed by atoms with Crippen molar-refractivity contribution in [2.75, 3.05) is 39.3 Å². The van der Waals surface area contributed by atoms with E-state index in [2.05, 4.69) is 0 Å². The molecule has 1 N–H and O–H groups in total. The Morgan fingerprint density at radius 2 is 1.37 bits per heavy atom. The van der Waals surface area contributed by atoms with Gasteiger partial charge in [0.15, 0.2) is 0 Å². The van der Waals surface area contributed by atoms with Crippen molar-refractivity contribution in [2.24, 2.45) is 5.92 Å². The smallest absolute Gasteiger partial charge is 0.320 e. The number of hydrogen-bond acceptors (Lipinski definition) is 4. The first-order valence-corrected chi connectivity index (χ1v) is 10.6. The summed E-state index contributed by atoms with van der Waals surface area (Å²) in [5.41, 5.74) is 0. The van der Waals surface area contributed by atoms with Gasteiger partial charge in [0.2, 0.25) is 11.8 Å². The number of carbonyl (C=O) groups excluding carboxylic acids is 2. The molecule has 0 radical (unpaired) electrons. The van der Waals surface area contributed by atoms with Crippen LogP contribution in [0.1, 0.15) is 57.8 Å². The van der Waals surface area contributed by atoms with Gasteiger partial charge in [0, 0.05) is 32.1 Å². The lowest BCUT2D eigenvalue weighted by Gasteiger charge is -2.37. The van der Waals surface area contributed by atoms with Gasteiger partial charge in [-0.3, -0.25) is 19.3 Å². The molecule has 0 aromatic carbocycles. The van der Waals surface area contributed by atoms with Crippen LogP contribution in [-0.4, -0.2) is 82.9 Å². The number of carbonyl (C=O) groups is 3. The standard InChI is InChI=1S/C20H33N3O4/c24-18(15-23-12-6-3-7-17(23)20(26)27)21-13-8-16(9-14-21)19(25)22-10-4-1-2-5-11-22/h16-17H,1-15H2,(H,26,27). The van der Waals surface area contributed by atoms with Crippen molar-refractivity contribution in [1.82, 2.24) is 14.7 Å². The van der Waals surface area contributed by atoms with Crippen molar-refractivity contribution in [1.29, 1.82) is 0 Å². The zero-order valence-electron chi connectivity index (χ0n) is 16.3. The molecule has 27 heavy (non-hydrogen) atoms. The normalized spacial score (nSPS) is 25.9. The fourth-order valence-corrected chi connectivity index (χ4v) is 4.66. The molecular weight excluding hydrogens is 346 g/mol. The number of likely N-dealkylation sites (tertiary alicyclic amines) is 3. The third-order valence-electron chi connectivity index (χ3n) is 6.35. The zero-order chi connectivity index (χ0) is 19.2. The van der Waals surface area contributed by atoms with E-state index in [-0.39, 0.29) is 24.3 Å². The second-order valence-electron chi connectivity index (χ2n) is 8.21. The molecular formula is C20H33N3O4. The van der Waals surface area contributed by atoms with Crippen LogP contribution in [-0.2, 0) is 14.4 Å². The van der Waals surface area contributed by atoms with Gasteiger partial charge in [-0.05, 0) is 45.1 Å². The number of carboxylic acids is 1. The Morgan fingerprint density at radius 1 is 0.741 bits per heavy atom. The van der Waals surface area contributed by atoms with Crippen LogP contribution in [0.15, 0.2) is 0 Å². The molecule has 1 unspecified atom stereocenters. The summed E-state index contributed by atoms with van der Waals surface area (Å²) in [5.74, 6) is -0.520. The van der Waals surface area contributed by atoms with E-state index < -0.39 is 12.0 Å². The van der Waals surface area contributed by atoms with Crippen LogP contribution in [0.4, 0.5) is 0 Å². The van der Waals surface area contributed by atoms with E-state index in [4.69, 9.17) is 0 Å². The summed E-state index contributed by atoms with van der Waals surface area (Å²) in [7, 11) is 0. The molecule has 3 aliphatic heterocycles. The molecule has 0 aliphatic carbocycles. The van der Waals surface area contributed by atoms with Gasteiger partial charge in [-0.1, -0.05) is 19.3 Å². The minimum atomic E-state index is -0.829. The molecule has 152 valence electrons. The van der Waals surface area contributed by atoms with Crippen molar-refractivity contribution in [3.8, 4) is 0 Å². The Hall–Kier alpha value is -1.63. The lowest BCUT2D eigenvalue weighted by Crippen LogP contribution is -2.51. The molecule has 3 fully saturated rings. The maximum Gasteiger partial charge on any atom is 0.320 e. The van der Waals surface area contributed by atoms with Crippen molar-refractivity contribution in [2.45, 2.75) is 63.8 Å². The summed E-state index contributed by atoms with van der Waals surface area (Å²) in [6.07, 6.45) is 8.56. The Labute approximate surface area is 161 Å². The van der Waals surface area contributed by atoms with Crippen LogP contribution >= 0.6 is 0 Å². The highest BCUT2D eigenvalue weighted by Crippen LogP contribution is 2.23. The maximum absolute atomic E-state index is 12.8. The van der Waals surface area contributed by atoms with Crippen molar-refractivity contribution in [3.63, 3.8) is 0 Å². The van der Waals surface area contributed by atoms with Crippen molar-refractivity contribution in [3.05, 3.63) is 0 Å². The van der Waals surface area contributed by atoms with Crippen molar-refractivity contribution < 1.29 is 19.5 Å². The first-order chi connectivity index (χ1) is 13.1. The van der Waals surface area contributed by atoms with Gasteiger partial charge in [-0.2, -0.15) is 0 Å². The minimum absolute atomic E-state index is 0.00354. The number of carboxylic acid groups (broad SMARTS) is 1. The molecule has 0 saturated carbocycles. The summed E-state index contributed by atoms with van der Waals surface area (Å²) in [6.45, 7) is 3.82. The van der Waals surface area contributed by atoms with Crippen LogP contribution in [0, 0.1) is 5.92 Å². The van der Waals surface area contributed by atoms with Crippen LogP contribution in [0.5, 0.6) is 0 Å². The lowest BCUT2D eigenvalue weighted by atomic mass is 9.95. The molecule has 0 aromatic rings. The summed E-state index contributed by atoms with van der Waals surface area (Å²) < 4.78 is 0. The average molecular weight is 380 g/mol. The summed E-state index contributed by atoms with van der Waals surface area (Å²) >= 11 is 0. The van der Waals surface area contributed by atoms with Gasteiger partial charge in [0.1, 0.15) is 6.04 Å². The number of piperidine rings is 2. The highest BCUT2D eigenvalue weighted by atomic mass is 16.4. The average Bonchev–Trinajstić information content (AvgIpc) is 2.97. The number of rotatable bonds is 4. The zero-order valence-corrected chi connectivity index (χ0v) is 16.3. The molecule has 2 amide bonds. The first-order valence-electron chi connectivity index (χ1n) is 10.6. The molecule has 3 heterocycles. The van der Waals surface area contributed by atoms with E-state index >= 15 is 0 Å². The second-order valence-corrected chi connectivity index (χ2v) is 8.21. The predicted molar refractivity (Wildman–Crippen MR) is 101 cm³/mol. The predicted octanol–water partition coefficient (Wildman–Crippen LogP) is 1.57. The van der Waals surface area contributed by atoms with Crippen LogP contribution in [0.3, 0.4) is 0 Å². The largest absolute Gasteiger partial charge is 0.480 e. The third kappa shape index (κ3) is 5.21. The van der Waals surface area contributed by atoms with Crippen LogP contribution < -0.4 is 0 Å². The fraction of sp³-hybridized carbons (Fsp3) is 0.850. The van der Waals surface area contributed by atoms with Gasteiger partial charge in [-0.25, -0.2) is 0 Å². The van der Waals surface area contributed by atoms with Gasteiger partial charge >= 0.3 is 5.97 Å². The minimum Gasteiger partial charge on any atom is -0.480 e. The van der Waals surface area contributed by atoms with E-state index in [0.717, 1.165) is 51.6 Å². The summed E-state index contributed by atoms with van der Waals surface area (Å²) in [6, 6.07) is -0.537. The van der Waals surface area contributed by atoms with Crippen LogP contribution in [0.25, 0.3) is 0 Å². The van der Waals surface area contributed by atoms with E-state index in [0.29, 0.717) is 26.1 Å². The molecule has 1 atom stereocenters. The lowest BCUT2D eigenvalue weighted by molar-refractivity contribution is -0.147.